The summed E-state index contributed by atoms with van der Waals surface area (Å²) in [4.78, 5) is 3.69. The largest absolute Gasteiger partial charge is 0.418 e. The summed E-state index contributed by atoms with van der Waals surface area (Å²) < 4.78 is 37.8. The van der Waals surface area contributed by atoms with Gasteiger partial charge in [0.2, 0.25) is 5.95 Å². The number of nitrogens with zero attached hydrogens (tertiary/aromatic N) is 2. The van der Waals surface area contributed by atoms with Gasteiger partial charge < -0.3 is 5.32 Å². The van der Waals surface area contributed by atoms with Crippen molar-refractivity contribution < 1.29 is 13.2 Å². The number of hydrogen-bond donors (Lipinski definition) is 2. The average Bonchev–Trinajstić information content (AvgIpc) is 2.70. The standard InChI is InChI=1S/C9H7F3N4/c10-9(11,12)6-3-1-2-4-7(6)15-8-13-5-14-16-8/h1-5H,(H2,13,14,15,16). The first-order valence-corrected chi connectivity index (χ1v) is 4.36. The highest BCUT2D eigenvalue weighted by Crippen LogP contribution is 2.35. The molecule has 0 bridgehead atoms. The van der Waals surface area contributed by atoms with E-state index in [2.05, 4.69) is 20.5 Å². The summed E-state index contributed by atoms with van der Waals surface area (Å²) in [6.07, 6.45) is -3.19. The van der Waals surface area contributed by atoms with Gasteiger partial charge >= 0.3 is 6.18 Å². The van der Waals surface area contributed by atoms with Crippen LogP contribution in [-0.4, -0.2) is 15.2 Å². The van der Waals surface area contributed by atoms with E-state index in [9.17, 15) is 13.2 Å². The fourth-order valence-electron chi connectivity index (χ4n) is 1.23. The molecular formula is C9H7F3N4. The topological polar surface area (TPSA) is 53.6 Å². The van der Waals surface area contributed by atoms with Crippen LogP contribution in [0.15, 0.2) is 30.6 Å². The van der Waals surface area contributed by atoms with Crippen LogP contribution in [0.2, 0.25) is 0 Å². The molecule has 16 heavy (non-hydrogen) atoms. The summed E-state index contributed by atoms with van der Waals surface area (Å²) in [5.41, 5.74) is -0.807. The number of halogens is 3. The molecule has 0 aliphatic rings. The minimum Gasteiger partial charge on any atom is -0.324 e. The molecule has 84 valence electrons. The number of hydrogen-bond acceptors (Lipinski definition) is 3. The van der Waals surface area contributed by atoms with Crippen molar-refractivity contribution in [1.82, 2.24) is 15.2 Å². The highest BCUT2D eigenvalue weighted by Gasteiger charge is 2.33. The van der Waals surface area contributed by atoms with Gasteiger partial charge in [-0.15, -0.1) is 0 Å². The lowest BCUT2D eigenvalue weighted by Gasteiger charge is -2.12. The van der Waals surface area contributed by atoms with Crippen LogP contribution in [0, 0.1) is 0 Å². The predicted molar refractivity (Wildman–Crippen MR) is 51.1 cm³/mol. The van der Waals surface area contributed by atoms with Gasteiger partial charge in [0.05, 0.1) is 11.3 Å². The summed E-state index contributed by atoms with van der Waals surface area (Å²) in [6, 6.07) is 5.16. The molecule has 4 nitrogen and oxygen atoms in total. The van der Waals surface area contributed by atoms with E-state index in [1.807, 2.05) is 0 Å². The molecular weight excluding hydrogens is 221 g/mol. The number of anilines is 2. The second-order valence-electron chi connectivity index (χ2n) is 3.00. The molecule has 0 fully saturated rings. The molecule has 2 N–H and O–H groups in total. The molecule has 1 aromatic heterocycles. The molecule has 0 saturated carbocycles. The lowest BCUT2D eigenvalue weighted by molar-refractivity contribution is -0.136. The molecule has 0 amide bonds. The molecule has 0 atom stereocenters. The molecule has 0 aliphatic heterocycles. The van der Waals surface area contributed by atoms with E-state index in [0.717, 1.165) is 6.07 Å². The van der Waals surface area contributed by atoms with Crippen molar-refractivity contribution in [3.63, 3.8) is 0 Å². The van der Waals surface area contributed by atoms with Crippen molar-refractivity contribution in [2.75, 3.05) is 5.32 Å². The number of aromatic nitrogens is 3. The molecule has 0 unspecified atom stereocenters. The van der Waals surface area contributed by atoms with Crippen molar-refractivity contribution in [2.24, 2.45) is 0 Å². The average molecular weight is 228 g/mol. The van der Waals surface area contributed by atoms with Crippen LogP contribution in [-0.2, 0) is 6.18 Å². The summed E-state index contributed by atoms with van der Waals surface area (Å²) >= 11 is 0. The highest BCUT2D eigenvalue weighted by atomic mass is 19.4. The van der Waals surface area contributed by atoms with Gasteiger partial charge in [-0.05, 0) is 12.1 Å². The third-order valence-electron chi connectivity index (χ3n) is 1.90. The van der Waals surface area contributed by atoms with Gasteiger partial charge in [0.1, 0.15) is 6.33 Å². The van der Waals surface area contributed by atoms with Gasteiger partial charge in [0.15, 0.2) is 0 Å². The molecule has 0 aliphatic carbocycles. The minimum absolute atomic E-state index is 0.0632. The van der Waals surface area contributed by atoms with Crippen LogP contribution in [0.4, 0.5) is 24.8 Å². The normalized spacial score (nSPS) is 11.4. The van der Waals surface area contributed by atoms with Gasteiger partial charge in [-0.25, -0.2) is 5.10 Å². The van der Waals surface area contributed by atoms with Gasteiger partial charge in [-0.3, -0.25) is 0 Å². The molecule has 7 heteroatoms. The van der Waals surface area contributed by atoms with Gasteiger partial charge in [-0.2, -0.15) is 23.3 Å². The predicted octanol–water partition coefficient (Wildman–Crippen LogP) is 2.57. The Labute approximate surface area is 88.5 Å². The van der Waals surface area contributed by atoms with E-state index in [0.29, 0.717) is 0 Å². The van der Waals surface area contributed by atoms with Crippen LogP contribution >= 0.6 is 0 Å². The van der Waals surface area contributed by atoms with Crippen LogP contribution in [0.5, 0.6) is 0 Å². The monoisotopic (exact) mass is 228 g/mol. The zero-order chi connectivity index (χ0) is 11.6. The lowest BCUT2D eigenvalue weighted by Crippen LogP contribution is -2.08. The van der Waals surface area contributed by atoms with Crippen LogP contribution in [0.25, 0.3) is 0 Å². The van der Waals surface area contributed by atoms with Gasteiger partial charge in [-0.1, -0.05) is 12.1 Å². The fraction of sp³-hybridized carbons (Fsp3) is 0.111. The maximum atomic E-state index is 12.6. The number of para-hydroxylation sites is 1. The molecule has 2 rings (SSSR count). The Kier molecular flexibility index (Phi) is 2.51. The second kappa shape index (κ2) is 3.84. The summed E-state index contributed by atoms with van der Waals surface area (Å²) in [7, 11) is 0. The van der Waals surface area contributed by atoms with Crippen molar-refractivity contribution in [3.05, 3.63) is 36.2 Å². The maximum Gasteiger partial charge on any atom is 0.418 e. The third kappa shape index (κ3) is 2.13. The Morgan fingerprint density at radius 3 is 2.56 bits per heavy atom. The Hall–Kier alpha value is -2.05. The van der Waals surface area contributed by atoms with Crippen molar-refractivity contribution in [1.29, 1.82) is 0 Å². The maximum absolute atomic E-state index is 12.6. The molecule has 0 radical (unpaired) electrons. The van der Waals surface area contributed by atoms with E-state index in [-0.39, 0.29) is 11.6 Å². The number of rotatable bonds is 2. The fourth-order valence-corrected chi connectivity index (χ4v) is 1.23. The lowest BCUT2D eigenvalue weighted by atomic mass is 10.1. The first-order valence-electron chi connectivity index (χ1n) is 4.36. The smallest absolute Gasteiger partial charge is 0.324 e. The highest BCUT2D eigenvalue weighted by molar-refractivity contribution is 5.59. The summed E-state index contributed by atoms with van der Waals surface area (Å²) in [5.74, 6) is 0.164. The Bertz CT molecular complexity index is 464. The Morgan fingerprint density at radius 1 is 1.19 bits per heavy atom. The number of benzene rings is 1. The van der Waals surface area contributed by atoms with Crippen molar-refractivity contribution >= 4 is 11.6 Å². The van der Waals surface area contributed by atoms with Crippen molar-refractivity contribution in [2.45, 2.75) is 6.18 Å². The molecule has 1 aromatic carbocycles. The molecule has 0 spiro atoms. The SMILES string of the molecule is FC(F)(F)c1ccccc1Nc1ncn[nH]1. The molecule has 2 aromatic rings. The Balaban J connectivity index is 2.34. The first kappa shape index (κ1) is 10.5. The number of alkyl halides is 3. The second-order valence-corrected chi connectivity index (χ2v) is 3.00. The number of nitrogens with one attached hydrogen (secondary N) is 2. The molecule has 0 saturated heterocycles. The molecule has 1 heterocycles. The Morgan fingerprint density at radius 2 is 1.94 bits per heavy atom. The summed E-state index contributed by atoms with van der Waals surface area (Å²) in [6.45, 7) is 0. The quantitative estimate of drug-likeness (QED) is 0.830. The van der Waals surface area contributed by atoms with E-state index >= 15 is 0 Å². The zero-order valence-corrected chi connectivity index (χ0v) is 7.92. The van der Waals surface area contributed by atoms with E-state index in [1.165, 1.54) is 24.5 Å². The summed E-state index contributed by atoms with van der Waals surface area (Å²) in [5, 5.41) is 8.46. The van der Waals surface area contributed by atoms with Gasteiger partial charge in [0, 0.05) is 0 Å². The van der Waals surface area contributed by atoms with E-state index in [1.54, 1.807) is 0 Å². The number of H-pyrrole nitrogens is 1. The van der Waals surface area contributed by atoms with Gasteiger partial charge in [0.25, 0.3) is 0 Å². The minimum atomic E-state index is -4.40. The van der Waals surface area contributed by atoms with Crippen LogP contribution < -0.4 is 5.32 Å². The van der Waals surface area contributed by atoms with E-state index < -0.39 is 11.7 Å². The zero-order valence-electron chi connectivity index (χ0n) is 7.92. The van der Waals surface area contributed by atoms with Crippen LogP contribution in [0.3, 0.4) is 0 Å². The van der Waals surface area contributed by atoms with Crippen molar-refractivity contribution in [3.8, 4) is 0 Å². The third-order valence-corrected chi connectivity index (χ3v) is 1.90. The number of aromatic amines is 1. The van der Waals surface area contributed by atoms with Crippen LogP contribution in [0.1, 0.15) is 5.56 Å². The van der Waals surface area contributed by atoms with E-state index in [4.69, 9.17) is 0 Å². The first-order chi connectivity index (χ1) is 7.57.